The lowest BCUT2D eigenvalue weighted by Gasteiger charge is -2.10. The summed E-state index contributed by atoms with van der Waals surface area (Å²) in [6, 6.07) is 6.60. The van der Waals surface area contributed by atoms with Crippen LogP contribution in [-0.2, 0) is 20.0 Å². The van der Waals surface area contributed by atoms with Crippen molar-refractivity contribution in [3.05, 3.63) is 54.1 Å². The van der Waals surface area contributed by atoms with Crippen LogP contribution in [0, 0.1) is 11.6 Å². The van der Waals surface area contributed by atoms with Crippen molar-refractivity contribution in [3.63, 3.8) is 0 Å². The average molecular weight is 362 g/mol. The fraction of sp³-hybridized carbons (Fsp3) is 0.0769. The van der Waals surface area contributed by atoms with E-state index in [4.69, 9.17) is 0 Å². The van der Waals surface area contributed by atoms with Gasteiger partial charge in [-0.05, 0) is 43.4 Å². The van der Waals surface area contributed by atoms with E-state index in [0.29, 0.717) is 6.07 Å². The van der Waals surface area contributed by atoms with E-state index in [1.807, 2.05) is 4.72 Å². The molecule has 0 unspecified atom stereocenters. The molecule has 0 fully saturated rings. The molecule has 0 saturated heterocycles. The van der Waals surface area contributed by atoms with Gasteiger partial charge in [0.15, 0.2) is 0 Å². The molecule has 0 aliphatic rings. The molecule has 0 amide bonds. The molecule has 2 N–H and O–H groups in total. The quantitative estimate of drug-likeness (QED) is 0.846. The summed E-state index contributed by atoms with van der Waals surface area (Å²) in [5.41, 5.74) is -0.545. The molecular formula is C13H12F2N2O4S2. The Labute approximate surface area is 132 Å². The predicted octanol–water partition coefficient (Wildman–Crippen LogP) is 1.67. The first kappa shape index (κ1) is 17.3. The zero-order valence-corrected chi connectivity index (χ0v) is 13.4. The fourth-order valence-corrected chi connectivity index (χ4v) is 3.48. The van der Waals surface area contributed by atoms with Crippen molar-refractivity contribution in [1.82, 2.24) is 4.72 Å². The first-order valence-electron chi connectivity index (χ1n) is 6.17. The minimum atomic E-state index is -4.19. The summed E-state index contributed by atoms with van der Waals surface area (Å²) < 4.78 is 78.0. The summed E-state index contributed by atoms with van der Waals surface area (Å²) in [5.74, 6) is -1.75. The van der Waals surface area contributed by atoms with E-state index in [9.17, 15) is 25.6 Å². The maximum Gasteiger partial charge on any atom is 0.261 e. The molecule has 23 heavy (non-hydrogen) atoms. The third kappa shape index (κ3) is 3.84. The molecule has 0 atom stereocenters. The van der Waals surface area contributed by atoms with Gasteiger partial charge in [0.1, 0.15) is 11.6 Å². The van der Waals surface area contributed by atoms with Crippen LogP contribution in [0.5, 0.6) is 0 Å². The Morgan fingerprint density at radius 3 is 1.87 bits per heavy atom. The summed E-state index contributed by atoms with van der Waals surface area (Å²) in [6.45, 7) is 0. The van der Waals surface area contributed by atoms with Gasteiger partial charge in [-0.3, -0.25) is 4.72 Å². The Hall–Kier alpha value is -2.04. The zero-order chi connectivity index (χ0) is 17.3. The molecule has 10 heteroatoms. The van der Waals surface area contributed by atoms with Crippen molar-refractivity contribution in [2.45, 2.75) is 9.79 Å². The van der Waals surface area contributed by atoms with Crippen molar-refractivity contribution in [1.29, 1.82) is 0 Å². The molecule has 0 radical (unpaired) electrons. The Morgan fingerprint density at radius 1 is 0.826 bits per heavy atom. The standard InChI is InChI=1S/C13H12F2N2O4S2/c1-16-22(18,19)10-3-5-11(6-4-10)23(20,21)17-13-8-9(14)2-7-12(13)15/h2-8,16-17H,1H3. The highest BCUT2D eigenvalue weighted by atomic mass is 32.2. The minimum absolute atomic E-state index is 0.129. The second kappa shape index (κ2) is 6.22. The van der Waals surface area contributed by atoms with Gasteiger partial charge >= 0.3 is 0 Å². The first-order chi connectivity index (χ1) is 10.7. The van der Waals surface area contributed by atoms with Crippen LogP contribution < -0.4 is 9.44 Å². The van der Waals surface area contributed by atoms with Crippen molar-refractivity contribution >= 4 is 25.7 Å². The summed E-state index contributed by atoms with van der Waals surface area (Å²) in [7, 11) is -6.68. The number of benzene rings is 2. The Bertz CT molecular complexity index is 927. The number of rotatable bonds is 5. The molecule has 0 spiro atoms. The number of sulfonamides is 2. The Morgan fingerprint density at radius 2 is 1.35 bits per heavy atom. The van der Waals surface area contributed by atoms with Crippen molar-refractivity contribution in [3.8, 4) is 0 Å². The van der Waals surface area contributed by atoms with Crippen molar-refractivity contribution in [2.24, 2.45) is 0 Å². The van der Waals surface area contributed by atoms with Crippen LogP contribution in [0.3, 0.4) is 0 Å². The van der Waals surface area contributed by atoms with E-state index in [-0.39, 0.29) is 9.79 Å². The summed E-state index contributed by atoms with van der Waals surface area (Å²) in [5, 5.41) is 0. The lowest BCUT2D eigenvalue weighted by Crippen LogP contribution is -2.19. The zero-order valence-electron chi connectivity index (χ0n) is 11.7. The number of halogens is 2. The maximum atomic E-state index is 13.5. The van der Waals surface area contributed by atoms with Gasteiger partial charge in [0, 0.05) is 6.07 Å². The van der Waals surface area contributed by atoms with Gasteiger partial charge in [-0.15, -0.1) is 0 Å². The topological polar surface area (TPSA) is 92.3 Å². The van der Waals surface area contributed by atoms with Gasteiger partial charge in [0.05, 0.1) is 15.5 Å². The van der Waals surface area contributed by atoms with Crippen LogP contribution in [0.25, 0.3) is 0 Å². The number of hydrogen-bond donors (Lipinski definition) is 2. The number of nitrogens with one attached hydrogen (secondary N) is 2. The van der Waals surface area contributed by atoms with E-state index in [1.165, 1.54) is 7.05 Å². The van der Waals surface area contributed by atoms with Crippen LogP contribution in [0.2, 0.25) is 0 Å². The molecule has 2 aromatic rings. The Kier molecular flexibility index (Phi) is 4.68. The van der Waals surface area contributed by atoms with Gasteiger partial charge in [0.2, 0.25) is 10.0 Å². The van der Waals surface area contributed by atoms with Gasteiger partial charge in [0.25, 0.3) is 10.0 Å². The van der Waals surface area contributed by atoms with Crippen LogP contribution in [0.1, 0.15) is 0 Å². The molecule has 124 valence electrons. The van der Waals surface area contributed by atoms with Crippen LogP contribution in [-0.4, -0.2) is 23.9 Å². The van der Waals surface area contributed by atoms with Gasteiger partial charge in [-0.25, -0.2) is 30.3 Å². The highest BCUT2D eigenvalue weighted by Crippen LogP contribution is 2.21. The van der Waals surface area contributed by atoms with Gasteiger partial charge in [-0.1, -0.05) is 0 Å². The fourth-order valence-electron chi connectivity index (χ4n) is 1.70. The predicted molar refractivity (Wildman–Crippen MR) is 79.9 cm³/mol. The number of anilines is 1. The summed E-state index contributed by atoms with van der Waals surface area (Å²) in [4.78, 5) is -0.424. The van der Waals surface area contributed by atoms with E-state index < -0.39 is 37.4 Å². The summed E-state index contributed by atoms with van der Waals surface area (Å²) >= 11 is 0. The maximum absolute atomic E-state index is 13.5. The molecular weight excluding hydrogens is 350 g/mol. The molecule has 2 rings (SSSR count). The van der Waals surface area contributed by atoms with Crippen LogP contribution in [0.15, 0.2) is 52.3 Å². The van der Waals surface area contributed by atoms with Crippen LogP contribution >= 0.6 is 0 Å². The van der Waals surface area contributed by atoms with E-state index in [2.05, 4.69) is 4.72 Å². The Balaban J connectivity index is 2.35. The number of hydrogen-bond acceptors (Lipinski definition) is 4. The molecule has 2 aromatic carbocycles. The van der Waals surface area contributed by atoms with E-state index in [0.717, 1.165) is 36.4 Å². The third-order valence-electron chi connectivity index (χ3n) is 2.89. The largest absolute Gasteiger partial charge is 0.277 e. The highest BCUT2D eigenvalue weighted by Gasteiger charge is 2.18. The van der Waals surface area contributed by atoms with Crippen molar-refractivity contribution in [2.75, 3.05) is 11.8 Å². The molecule has 0 heterocycles. The smallest absolute Gasteiger partial charge is 0.261 e. The molecule has 0 aliphatic heterocycles. The lowest BCUT2D eigenvalue weighted by molar-refractivity contribution is 0.587. The summed E-state index contributed by atoms with van der Waals surface area (Å²) in [6.07, 6.45) is 0. The van der Waals surface area contributed by atoms with E-state index in [1.54, 1.807) is 0 Å². The van der Waals surface area contributed by atoms with Gasteiger partial charge < -0.3 is 0 Å². The molecule has 6 nitrogen and oxygen atoms in total. The SMILES string of the molecule is CNS(=O)(=O)c1ccc(S(=O)(=O)Nc2cc(F)ccc2F)cc1. The monoisotopic (exact) mass is 362 g/mol. The van der Waals surface area contributed by atoms with Crippen molar-refractivity contribution < 1.29 is 25.6 Å². The van der Waals surface area contributed by atoms with Crippen LogP contribution in [0.4, 0.5) is 14.5 Å². The molecule has 0 aliphatic carbocycles. The molecule has 0 bridgehead atoms. The molecule has 0 aromatic heterocycles. The minimum Gasteiger partial charge on any atom is -0.277 e. The third-order valence-corrected chi connectivity index (χ3v) is 5.70. The molecule has 0 saturated carbocycles. The highest BCUT2D eigenvalue weighted by molar-refractivity contribution is 7.92. The first-order valence-corrected chi connectivity index (χ1v) is 9.14. The van der Waals surface area contributed by atoms with E-state index >= 15 is 0 Å². The lowest BCUT2D eigenvalue weighted by atomic mass is 10.3. The van der Waals surface area contributed by atoms with Gasteiger partial charge in [-0.2, -0.15) is 0 Å². The second-order valence-electron chi connectivity index (χ2n) is 4.41. The second-order valence-corrected chi connectivity index (χ2v) is 7.98. The average Bonchev–Trinajstić information content (AvgIpc) is 2.51. The normalized spacial score (nSPS) is 12.1.